The van der Waals surface area contributed by atoms with Crippen LogP contribution in [0.4, 0.5) is 0 Å². The van der Waals surface area contributed by atoms with Crippen LogP contribution in [0.15, 0.2) is 18.2 Å². The maximum atomic E-state index is 10.5. The maximum absolute atomic E-state index is 10.5. The first kappa shape index (κ1) is 10.5. The summed E-state index contributed by atoms with van der Waals surface area (Å²) >= 11 is 0. The Morgan fingerprint density at radius 2 is 2.14 bits per heavy atom. The van der Waals surface area contributed by atoms with Crippen molar-refractivity contribution < 1.29 is 15.0 Å². The standard InChI is InChI=1S/C10H13NO3/c1-11-6-8-4-9(12)3-2-7(8)5-10(13)14/h2-4,11-12H,5-6H2,1H3,(H,13,14). The molecule has 0 aliphatic heterocycles. The van der Waals surface area contributed by atoms with Gasteiger partial charge in [0.25, 0.3) is 0 Å². The van der Waals surface area contributed by atoms with E-state index in [2.05, 4.69) is 5.32 Å². The molecule has 1 aromatic rings. The molecule has 0 aromatic heterocycles. The molecule has 0 saturated heterocycles. The van der Waals surface area contributed by atoms with Crippen molar-refractivity contribution in [3.63, 3.8) is 0 Å². The molecule has 0 bridgehead atoms. The van der Waals surface area contributed by atoms with Crippen molar-refractivity contribution in [2.24, 2.45) is 0 Å². The number of hydrogen-bond donors (Lipinski definition) is 3. The average Bonchev–Trinajstić information content (AvgIpc) is 2.09. The van der Waals surface area contributed by atoms with Gasteiger partial charge in [-0.1, -0.05) is 6.07 Å². The fourth-order valence-electron chi connectivity index (χ4n) is 1.30. The fourth-order valence-corrected chi connectivity index (χ4v) is 1.30. The van der Waals surface area contributed by atoms with Crippen molar-refractivity contribution in [1.82, 2.24) is 5.32 Å². The zero-order valence-electron chi connectivity index (χ0n) is 7.95. The molecule has 0 amide bonds. The molecular formula is C10H13NO3. The summed E-state index contributed by atoms with van der Waals surface area (Å²) in [5.41, 5.74) is 1.54. The van der Waals surface area contributed by atoms with Crippen LogP contribution < -0.4 is 5.32 Å². The van der Waals surface area contributed by atoms with Crippen LogP contribution in [0.25, 0.3) is 0 Å². The van der Waals surface area contributed by atoms with Gasteiger partial charge in [0, 0.05) is 6.54 Å². The van der Waals surface area contributed by atoms with Crippen LogP contribution in [0.3, 0.4) is 0 Å². The number of benzene rings is 1. The van der Waals surface area contributed by atoms with E-state index in [0.29, 0.717) is 6.54 Å². The van der Waals surface area contributed by atoms with Gasteiger partial charge in [0.1, 0.15) is 5.75 Å². The van der Waals surface area contributed by atoms with Gasteiger partial charge in [-0.15, -0.1) is 0 Å². The summed E-state index contributed by atoms with van der Waals surface area (Å²) in [6.45, 7) is 0.553. The minimum Gasteiger partial charge on any atom is -0.508 e. The van der Waals surface area contributed by atoms with Crippen molar-refractivity contribution >= 4 is 5.97 Å². The lowest BCUT2D eigenvalue weighted by molar-refractivity contribution is -0.136. The van der Waals surface area contributed by atoms with Crippen LogP contribution in [0.1, 0.15) is 11.1 Å². The van der Waals surface area contributed by atoms with E-state index in [4.69, 9.17) is 5.11 Å². The van der Waals surface area contributed by atoms with Gasteiger partial charge < -0.3 is 15.5 Å². The number of phenolic OH excluding ortho intramolecular Hbond substituents is 1. The Bertz CT molecular complexity index is 336. The first-order valence-corrected chi connectivity index (χ1v) is 4.30. The highest BCUT2D eigenvalue weighted by Crippen LogP contribution is 2.17. The molecule has 1 aromatic carbocycles. The van der Waals surface area contributed by atoms with E-state index < -0.39 is 5.97 Å². The van der Waals surface area contributed by atoms with Crippen LogP contribution in [0, 0.1) is 0 Å². The Labute approximate surface area is 82.2 Å². The highest BCUT2D eigenvalue weighted by molar-refractivity contribution is 5.70. The second-order valence-electron chi connectivity index (χ2n) is 3.05. The van der Waals surface area contributed by atoms with Gasteiger partial charge in [0.2, 0.25) is 0 Å². The smallest absolute Gasteiger partial charge is 0.307 e. The van der Waals surface area contributed by atoms with E-state index >= 15 is 0 Å². The Balaban J connectivity index is 2.95. The number of carbonyl (C=O) groups is 1. The van der Waals surface area contributed by atoms with E-state index in [1.54, 1.807) is 19.2 Å². The van der Waals surface area contributed by atoms with E-state index in [9.17, 15) is 9.90 Å². The summed E-state index contributed by atoms with van der Waals surface area (Å²) in [7, 11) is 1.77. The monoisotopic (exact) mass is 195 g/mol. The summed E-state index contributed by atoms with van der Waals surface area (Å²) in [5.74, 6) is -0.711. The molecule has 0 radical (unpaired) electrons. The van der Waals surface area contributed by atoms with Crippen molar-refractivity contribution in [3.05, 3.63) is 29.3 Å². The zero-order chi connectivity index (χ0) is 10.6. The first-order chi connectivity index (χ1) is 6.63. The van der Waals surface area contributed by atoms with Crippen LogP contribution in [-0.4, -0.2) is 23.2 Å². The molecule has 0 aliphatic carbocycles. The van der Waals surface area contributed by atoms with Gasteiger partial charge >= 0.3 is 5.97 Å². The molecule has 76 valence electrons. The summed E-state index contributed by atoms with van der Waals surface area (Å²) < 4.78 is 0. The Hall–Kier alpha value is -1.55. The van der Waals surface area contributed by atoms with Crippen LogP contribution in [0.5, 0.6) is 5.75 Å². The molecule has 4 nitrogen and oxygen atoms in total. The predicted octanol–water partition coefficient (Wildman–Crippen LogP) is 0.739. The number of aromatic hydroxyl groups is 1. The third kappa shape index (κ3) is 2.74. The molecule has 0 aliphatic rings. The molecule has 0 atom stereocenters. The van der Waals surface area contributed by atoms with Crippen LogP contribution >= 0.6 is 0 Å². The molecule has 0 heterocycles. The number of carboxylic acid groups (broad SMARTS) is 1. The average molecular weight is 195 g/mol. The lowest BCUT2D eigenvalue weighted by atomic mass is 10.0. The third-order valence-corrected chi connectivity index (χ3v) is 1.90. The van der Waals surface area contributed by atoms with Crippen molar-refractivity contribution in [3.8, 4) is 5.75 Å². The van der Waals surface area contributed by atoms with E-state index in [1.807, 2.05) is 0 Å². The first-order valence-electron chi connectivity index (χ1n) is 4.30. The van der Waals surface area contributed by atoms with Gasteiger partial charge in [-0.05, 0) is 30.3 Å². The number of hydrogen-bond acceptors (Lipinski definition) is 3. The summed E-state index contributed by atoms with van der Waals surface area (Å²) in [4.78, 5) is 10.5. The molecule has 14 heavy (non-hydrogen) atoms. The minimum absolute atomic E-state index is 0.0166. The van der Waals surface area contributed by atoms with Crippen molar-refractivity contribution in [1.29, 1.82) is 0 Å². The Kier molecular flexibility index (Phi) is 3.48. The number of nitrogens with one attached hydrogen (secondary N) is 1. The zero-order valence-corrected chi connectivity index (χ0v) is 7.95. The lowest BCUT2D eigenvalue weighted by Crippen LogP contribution is -2.10. The van der Waals surface area contributed by atoms with Gasteiger partial charge in [-0.2, -0.15) is 0 Å². The van der Waals surface area contributed by atoms with Gasteiger partial charge in [0.15, 0.2) is 0 Å². The lowest BCUT2D eigenvalue weighted by Gasteiger charge is -2.07. The predicted molar refractivity (Wildman–Crippen MR) is 52.2 cm³/mol. The van der Waals surface area contributed by atoms with E-state index in [0.717, 1.165) is 11.1 Å². The van der Waals surface area contributed by atoms with Crippen LogP contribution in [-0.2, 0) is 17.8 Å². The minimum atomic E-state index is -0.868. The molecule has 0 unspecified atom stereocenters. The molecule has 3 N–H and O–H groups in total. The maximum Gasteiger partial charge on any atom is 0.307 e. The number of carboxylic acids is 1. The quantitative estimate of drug-likeness (QED) is 0.662. The normalized spacial score (nSPS) is 10.1. The van der Waals surface area contributed by atoms with E-state index in [-0.39, 0.29) is 12.2 Å². The highest BCUT2D eigenvalue weighted by atomic mass is 16.4. The molecule has 4 heteroatoms. The highest BCUT2D eigenvalue weighted by Gasteiger charge is 2.06. The van der Waals surface area contributed by atoms with Gasteiger partial charge in [0.05, 0.1) is 6.42 Å². The van der Waals surface area contributed by atoms with Gasteiger partial charge in [-0.25, -0.2) is 0 Å². The Morgan fingerprint density at radius 3 is 2.71 bits per heavy atom. The number of phenols is 1. The van der Waals surface area contributed by atoms with Crippen molar-refractivity contribution in [2.75, 3.05) is 7.05 Å². The summed E-state index contributed by atoms with van der Waals surface area (Å²) in [6, 6.07) is 4.71. The number of aliphatic carboxylic acids is 1. The largest absolute Gasteiger partial charge is 0.508 e. The molecule has 0 fully saturated rings. The second-order valence-corrected chi connectivity index (χ2v) is 3.05. The fraction of sp³-hybridized carbons (Fsp3) is 0.300. The summed E-state index contributed by atoms with van der Waals surface area (Å²) in [6.07, 6.45) is -0.0166. The molecule has 0 spiro atoms. The Morgan fingerprint density at radius 1 is 1.43 bits per heavy atom. The van der Waals surface area contributed by atoms with Crippen LogP contribution in [0.2, 0.25) is 0 Å². The molecule has 1 rings (SSSR count). The SMILES string of the molecule is CNCc1cc(O)ccc1CC(=O)O. The number of rotatable bonds is 4. The third-order valence-electron chi connectivity index (χ3n) is 1.90. The second kappa shape index (κ2) is 4.62. The summed E-state index contributed by atoms with van der Waals surface area (Å²) in [5, 5.41) is 20.8. The van der Waals surface area contributed by atoms with Gasteiger partial charge in [-0.3, -0.25) is 4.79 Å². The molecule has 0 saturated carbocycles. The van der Waals surface area contributed by atoms with Crippen molar-refractivity contribution in [2.45, 2.75) is 13.0 Å². The van der Waals surface area contributed by atoms with E-state index in [1.165, 1.54) is 6.07 Å². The topological polar surface area (TPSA) is 69.6 Å². The molecular weight excluding hydrogens is 182 g/mol.